The summed E-state index contributed by atoms with van der Waals surface area (Å²) in [5.41, 5.74) is 1.66. The minimum Gasteiger partial charge on any atom is -0.493 e. The van der Waals surface area contributed by atoms with Crippen LogP contribution in [0.25, 0.3) is 0 Å². The van der Waals surface area contributed by atoms with Crippen LogP contribution in [0.1, 0.15) is 68.4 Å². The fourth-order valence-electron chi connectivity index (χ4n) is 6.52. The van der Waals surface area contributed by atoms with E-state index in [1.54, 1.807) is 18.2 Å². The van der Waals surface area contributed by atoms with Gasteiger partial charge in [-0.15, -0.1) is 0 Å². The monoisotopic (exact) mass is 528 g/mol. The van der Waals surface area contributed by atoms with Gasteiger partial charge in [-0.25, -0.2) is 0 Å². The molecule has 2 amide bonds. The predicted molar refractivity (Wildman–Crippen MR) is 140 cm³/mol. The van der Waals surface area contributed by atoms with Gasteiger partial charge in [0.15, 0.2) is 11.5 Å². The fraction of sp³-hybridized carbons (Fsp3) is 0.655. The molecule has 208 valence electrons. The van der Waals surface area contributed by atoms with Crippen molar-refractivity contribution in [3.05, 3.63) is 34.9 Å². The molecule has 5 rings (SSSR count). The molecule has 2 fully saturated rings. The predicted octanol–water partition coefficient (Wildman–Crippen LogP) is 2.02. The molecular weight excluding hydrogens is 488 g/mol. The Hall–Kier alpha value is -2.62. The molecule has 4 aliphatic rings. The van der Waals surface area contributed by atoms with Gasteiger partial charge in [0, 0.05) is 30.1 Å². The number of carbonyl (C=O) groups excluding carboxylic acids is 2. The van der Waals surface area contributed by atoms with E-state index in [4.69, 9.17) is 9.47 Å². The summed E-state index contributed by atoms with van der Waals surface area (Å²) in [7, 11) is 1.51. The zero-order valence-corrected chi connectivity index (χ0v) is 22.1. The molecule has 9 heteroatoms. The number of fused-ring (bicyclic) bond motifs is 3. The van der Waals surface area contributed by atoms with Gasteiger partial charge < -0.3 is 35.0 Å². The first-order chi connectivity index (χ1) is 18.5. The van der Waals surface area contributed by atoms with Crippen molar-refractivity contribution in [3.8, 4) is 11.5 Å². The molecule has 1 aliphatic heterocycles. The Kier molecular flexibility index (Phi) is 8.26. The molecule has 3 aliphatic carbocycles. The molecule has 9 nitrogen and oxygen atoms in total. The summed E-state index contributed by atoms with van der Waals surface area (Å²) in [4.78, 5) is 29.0. The maximum Gasteiger partial charge on any atom is 0.247 e. The van der Waals surface area contributed by atoms with E-state index in [-0.39, 0.29) is 37.5 Å². The van der Waals surface area contributed by atoms with E-state index < -0.39 is 24.2 Å². The van der Waals surface area contributed by atoms with Crippen LogP contribution in [0.4, 0.5) is 0 Å². The van der Waals surface area contributed by atoms with Gasteiger partial charge in [-0.1, -0.05) is 25.7 Å². The number of hydrogen-bond donors (Lipinski definition) is 4. The highest BCUT2D eigenvalue weighted by Crippen LogP contribution is 2.51. The zero-order chi connectivity index (χ0) is 26.8. The average molecular weight is 529 g/mol. The number of rotatable bonds is 9. The molecule has 0 spiro atoms. The highest BCUT2D eigenvalue weighted by atomic mass is 16.5. The normalized spacial score (nSPS) is 26.9. The third-order valence-corrected chi connectivity index (χ3v) is 8.77. The number of nitrogens with zero attached hydrogens (tertiary/aromatic N) is 1. The zero-order valence-electron chi connectivity index (χ0n) is 22.1. The Bertz CT molecular complexity index is 1060. The summed E-state index contributed by atoms with van der Waals surface area (Å²) in [6, 6.07) is 2.76. The number of benzene rings is 1. The van der Waals surface area contributed by atoms with Gasteiger partial charge in [0.1, 0.15) is 12.2 Å². The van der Waals surface area contributed by atoms with E-state index in [0.29, 0.717) is 40.7 Å². The Labute approximate surface area is 223 Å². The van der Waals surface area contributed by atoms with Crippen molar-refractivity contribution in [3.63, 3.8) is 0 Å². The van der Waals surface area contributed by atoms with E-state index in [2.05, 4.69) is 5.32 Å². The summed E-state index contributed by atoms with van der Waals surface area (Å²) in [5.74, 6) is 0.250. The molecule has 4 atom stereocenters. The van der Waals surface area contributed by atoms with Gasteiger partial charge >= 0.3 is 0 Å². The SMILES string of the molecule is COc1cc(CO)cc2c1OC1C2C(C(=O)NCCO)=CC(N(CC2CCCCC2)C(=O)C2CCC2)C1O. The second-order valence-electron chi connectivity index (χ2n) is 11.1. The maximum absolute atomic E-state index is 13.8. The first-order valence-electron chi connectivity index (χ1n) is 14.0. The number of hydrogen-bond acceptors (Lipinski definition) is 7. The van der Waals surface area contributed by atoms with Crippen LogP contribution in [0.15, 0.2) is 23.8 Å². The Morgan fingerprint density at radius 2 is 1.87 bits per heavy atom. The number of methoxy groups -OCH3 is 1. The van der Waals surface area contributed by atoms with Crippen molar-refractivity contribution in [2.45, 2.75) is 82.1 Å². The maximum atomic E-state index is 13.8. The molecule has 2 saturated carbocycles. The smallest absolute Gasteiger partial charge is 0.247 e. The number of nitrogens with one attached hydrogen (secondary N) is 1. The van der Waals surface area contributed by atoms with Crippen molar-refractivity contribution >= 4 is 11.8 Å². The fourth-order valence-corrected chi connectivity index (χ4v) is 6.52. The van der Waals surface area contributed by atoms with E-state index in [1.165, 1.54) is 13.5 Å². The number of carbonyl (C=O) groups is 2. The van der Waals surface area contributed by atoms with Crippen LogP contribution in [-0.2, 0) is 16.2 Å². The van der Waals surface area contributed by atoms with E-state index >= 15 is 0 Å². The van der Waals surface area contributed by atoms with Crippen LogP contribution in [0.3, 0.4) is 0 Å². The third-order valence-electron chi connectivity index (χ3n) is 8.77. The molecule has 38 heavy (non-hydrogen) atoms. The van der Waals surface area contributed by atoms with Crippen LogP contribution in [-0.4, -0.2) is 77.1 Å². The summed E-state index contributed by atoms with van der Waals surface area (Å²) < 4.78 is 11.8. The van der Waals surface area contributed by atoms with Crippen molar-refractivity contribution in [2.75, 3.05) is 26.8 Å². The second-order valence-corrected chi connectivity index (χ2v) is 11.1. The van der Waals surface area contributed by atoms with Gasteiger partial charge in [0.25, 0.3) is 0 Å². The molecular formula is C29H40N2O7. The average Bonchev–Trinajstić information content (AvgIpc) is 3.30. The summed E-state index contributed by atoms with van der Waals surface area (Å²) in [6.45, 7) is 0.221. The van der Waals surface area contributed by atoms with Gasteiger partial charge in [0.2, 0.25) is 11.8 Å². The van der Waals surface area contributed by atoms with Gasteiger partial charge in [0.05, 0.1) is 32.3 Å². The van der Waals surface area contributed by atoms with Crippen LogP contribution < -0.4 is 14.8 Å². The van der Waals surface area contributed by atoms with Crippen LogP contribution in [0.5, 0.6) is 11.5 Å². The molecule has 1 heterocycles. The lowest BCUT2D eigenvalue weighted by Gasteiger charge is -2.44. The van der Waals surface area contributed by atoms with E-state index in [0.717, 1.165) is 44.9 Å². The molecule has 0 saturated heterocycles. The minimum absolute atomic E-state index is 0.0440. The highest BCUT2D eigenvalue weighted by molar-refractivity contribution is 5.96. The lowest BCUT2D eigenvalue weighted by molar-refractivity contribution is -0.145. The number of ether oxygens (including phenoxy) is 2. The largest absolute Gasteiger partial charge is 0.493 e. The molecule has 1 aromatic carbocycles. The molecule has 4 unspecified atom stereocenters. The number of amides is 2. The van der Waals surface area contributed by atoms with E-state index in [9.17, 15) is 24.9 Å². The van der Waals surface area contributed by atoms with Crippen LogP contribution >= 0.6 is 0 Å². The standard InChI is InChI=1S/C29H40N2O7/c1-37-23-13-18(16-33)12-20-24-21(28(35)30-10-11-32)14-22(25(34)27(24)38-26(20)23)31(29(36)19-8-5-9-19)15-17-6-3-2-4-7-17/h12-14,17,19,22,24-25,27,32-34H,2-11,15-16H2,1H3,(H,30,35). The lowest BCUT2D eigenvalue weighted by Crippen LogP contribution is -2.58. The Morgan fingerprint density at radius 1 is 1.11 bits per heavy atom. The van der Waals surface area contributed by atoms with Crippen molar-refractivity contribution in [1.29, 1.82) is 0 Å². The first-order valence-corrected chi connectivity index (χ1v) is 14.0. The van der Waals surface area contributed by atoms with E-state index in [1.807, 2.05) is 4.90 Å². The van der Waals surface area contributed by atoms with Gasteiger partial charge in [-0.3, -0.25) is 9.59 Å². The van der Waals surface area contributed by atoms with Gasteiger partial charge in [-0.2, -0.15) is 0 Å². The molecule has 1 aromatic rings. The number of aliphatic hydroxyl groups is 3. The summed E-state index contributed by atoms with van der Waals surface area (Å²) in [6.07, 6.45) is 8.22. The molecule has 0 bridgehead atoms. The van der Waals surface area contributed by atoms with Gasteiger partial charge in [-0.05, 0) is 55.4 Å². The highest BCUT2D eigenvalue weighted by Gasteiger charge is 2.52. The minimum atomic E-state index is -1.06. The quantitative estimate of drug-likeness (QED) is 0.386. The molecule has 0 aromatic heterocycles. The van der Waals surface area contributed by atoms with Crippen molar-refractivity contribution in [2.24, 2.45) is 11.8 Å². The first kappa shape index (κ1) is 27.0. The lowest BCUT2D eigenvalue weighted by atomic mass is 9.76. The molecule has 0 radical (unpaired) electrons. The third kappa shape index (κ3) is 5.03. The topological polar surface area (TPSA) is 129 Å². The summed E-state index contributed by atoms with van der Waals surface area (Å²) in [5, 5.41) is 33.7. The Morgan fingerprint density at radius 3 is 2.50 bits per heavy atom. The second kappa shape index (κ2) is 11.6. The van der Waals surface area contributed by atoms with Crippen molar-refractivity contribution < 1.29 is 34.4 Å². The van der Waals surface area contributed by atoms with Crippen LogP contribution in [0, 0.1) is 11.8 Å². The Balaban J connectivity index is 1.55. The van der Waals surface area contributed by atoms with Crippen LogP contribution in [0.2, 0.25) is 0 Å². The summed E-state index contributed by atoms with van der Waals surface area (Å²) >= 11 is 0. The van der Waals surface area contributed by atoms with Crippen molar-refractivity contribution in [1.82, 2.24) is 10.2 Å². The molecule has 4 N–H and O–H groups in total. The number of aliphatic hydroxyl groups excluding tert-OH is 3.